The Morgan fingerprint density at radius 1 is 1.38 bits per heavy atom. The van der Waals surface area contributed by atoms with E-state index in [1.807, 2.05) is 38.4 Å². The molecule has 0 aromatic heterocycles. The summed E-state index contributed by atoms with van der Waals surface area (Å²) in [4.78, 5) is 27.1. The van der Waals surface area contributed by atoms with Crippen LogP contribution in [0.15, 0.2) is 24.3 Å². The molecule has 1 saturated heterocycles. The lowest BCUT2D eigenvalue weighted by Gasteiger charge is -2.17. The van der Waals surface area contributed by atoms with Gasteiger partial charge in [0.25, 0.3) is 0 Å². The van der Waals surface area contributed by atoms with Crippen molar-refractivity contribution in [2.75, 3.05) is 43.3 Å². The number of hydrogen-bond acceptors (Lipinski definition) is 3. The van der Waals surface area contributed by atoms with Crippen LogP contribution in [-0.2, 0) is 9.59 Å². The van der Waals surface area contributed by atoms with E-state index < -0.39 is 0 Å². The third kappa shape index (κ3) is 4.19. The molecule has 1 fully saturated rings. The number of benzene rings is 1. The summed E-state index contributed by atoms with van der Waals surface area (Å²) in [5.41, 5.74) is 1.57. The third-order valence-corrected chi connectivity index (χ3v) is 3.78. The van der Waals surface area contributed by atoms with Crippen LogP contribution >= 0.6 is 11.6 Å². The van der Waals surface area contributed by atoms with Crippen molar-refractivity contribution >= 4 is 34.8 Å². The van der Waals surface area contributed by atoms with Crippen LogP contribution in [0, 0.1) is 5.92 Å². The fourth-order valence-electron chi connectivity index (χ4n) is 2.35. The fraction of sp³-hybridized carbons (Fsp3) is 0.467. The summed E-state index contributed by atoms with van der Waals surface area (Å²) in [5.74, 6) is 0.761. The molecule has 1 aliphatic heterocycles. The molecule has 0 spiro atoms. The van der Waals surface area contributed by atoms with E-state index in [4.69, 9.17) is 11.6 Å². The number of nitrogens with zero attached hydrogens (tertiary/aromatic N) is 2. The number of anilines is 2. The van der Waals surface area contributed by atoms with E-state index in [1.165, 1.54) is 0 Å². The van der Waals surface area contributed by atoms with Crippen molar-refractivity contribution in [3.63, 3.8) is 0 Å². The van der Waals surface area contributed by atoms with Crippen LogP contribution in [0.4, 0.5) is 11.4 Å². The van der Waals surface area contributed by atoms with Gasteiger partial charge in [-0.25, -0.2) is 0 Å². The molecule has 0 saturated carbocycles. The van der Waals surface area contributed by atoms with Gasteiger partial charge in [0.2, 0.25) is 11.8 Å². The molecule has 2 amide bonds. The van der Waals surface area contributed by atoms with E-state index in [0.717, 1.165) is 11.4 Å². The maximum atomic E-state index is 11.9. The Labute approximate surface area is 129 Å². The Bertz CT molecular complexity index is 516. The van der Waals surface area contributed by atoms with Crippen molar-refractivity contribution in [3.05, 3.63) is 24.3 Å². The van der Waals surface area contributed by atoms with Gasteiger partial charge in [-0.15, -0.1) is 11.6 Å². The van der Waals surface area contributed by atoms with Crippen LogP contribution in [0.1, 0.15) is 6.42 Å². The van der Waals surface area contributed by atoms with Gasteiger partial charge in [-0.05, 0) is 44.3 Å². The number of alkyl halides is 1. The summed E-state index contributed by atoms with van der Waals surface area (Å²) in [5, 5.41) is 2.82. The maximum Gasteiger partial charge on any atom is 0.238 e. The molecule has 1 aliphatic rings. The Kier molecular flexibility index (Phi) is 5.20. The summed E-state index contributed by atoms with van der Waals surface area (Å²) in [6.07, 6.45) is 0.505. The highest BCUT2D eigenvalue weighted by Gasteiger charge is 2.29. The number of carbonyl (C=O) groups excluding carboxylic acids is 2. The molecule has 1 unspecified atom stereocenters. The predicted octanol–water partition coefficient (Wildman–Crippen LogP) is 1.78. The van der Waals surface area contributed by atoms with Gasteiger partial charge in [-0.1, -0.05) is 0 Å². The van der Waals surface area contributed by atoms with Crippen LogP contribution in [0.5, 0.6) is 0 Å². The summed E-state index contributed by atoms with van der Waals surface area (Å²) < 4.78 is 0. The van der Waals surface area contributed by atoms with E-state index in [9.17, 15) is 9.59 Å². The zero-order chi connectivity index (χ0) is 15.4. The summed E-state index contributed by atoms with van der Waals surface area (Å²) in [7, 11) is 3.68. The van der Waals surface area contributed by atoms with Crippen LogP contribution in [-0.4, -0.2) is 49.8 Å². The maximum absolute atomic E-state index is 11.9. The number of carbonyl (C=O) groups is 2. The average molecular weight is 310 g/mol. The summed E-state index contributed by atoms with van der Waals surface area (Å²) >= 11 is 5.82. The molecule has 0 bridgehead atoms. The lowest BCUT2D eigenvalue weighted by Crippen LogP contribution is -2.27. The van der Waals surface area contributed by atoms with E-state index in [-0.39, 0.29) is 17.7 Å². The second kappa shape index (κ2) is 6.91. The van der Waals surface area contributed by atoms with Gasteiger partial charge < -0.3 is 15.1 Å². The normalized spacial score (nSPS) is 18.4. The first-order valence-corrected chi connectivity index (χ1v) is 7.44. The number of hydrogen-bond donors (Lipinski definition) is 1. The molecular formula is C15H20ClN3O2. The van der Waals surface area contributed by atoms with Crippen molar-refractivity contribution in [2.24, 2.45) is 5.92 Å². The Hall–Kier alpha value is -1.59. The number of rotatable bonds is 5. The number of likely N-dealkylation sites (N-methyl/N-ethyl adjacent to an activating group) is 1. The van der Waals surface area contributed by atoms with Crippen molar-refractivity contribution in [2.45, 2.75) is 6.42 Å². The summed E-state index contributed by atoms with van der Waals surface area (Å²) in [6.45, 7) is 0.998. The molecule has 1 N–H and O–H groups in total. The van der Waals surface area contributed by atoms with Crippen LogP contribution in [0.3, 0.4) is 0 Å². The average Bonchev–Trinajstić information content (AvgIpc) is 2.80. The molecule has 2 rings (SSSR count). The van der Waals surface area contributed by atoms with E-state index in [1.54, 1.807) is 9.80 Å². The largest absolute Gasteiger partial charge is 0.325 e. The van der Waals surface area contributed by atoms with E-state index in [0.29, 0.717) is 25.4 Å². The molecular weight excluding hydrogens is 290 g/mol. The Balaban J connectivity index is 1.99. The third-order valence-electron chi connectivity index (χ3n) is 3.35. The Morgan fingerprint density at radius 2 is 2.05 bits per heavy atom. The zero-order valence-corrected chi connectivity index (χ0v) is 13.1. The number of halogens is 1. The minimum Gasteiger partial charge on any atom is -0.325 e. The second-order valence-electron chi connectivity index (χ2n) is 5.56. The molecule has 1 aromatic carbocycles. The van der Waals surface area contributed by atoms with Crippen LogP contribution in [0.25, 0.3) is 0 Å². The minimum absolute atomic E-state index is 0.0628. The molecule has 114 valence electrons. The number of nitrogens with one attached hydrogen (secondary N) is 1. The van der Waals surface area contributed by atoms with Crippen molar-refractivity contribution in [3.8, 4) is 0 Å². The van der Waals surface area contributed by atoms with Gasteiger partial charge in [0.15, 0.2) is 0 Å². The summed E-state index contributed by atoms with van der Waals surface area (Å²) in [6, 6.07) is 7.31. The van der Waals surface area contributed by atoms with Gasteiger partial charge in [0.1, 0.15) is 0 Å². The molecule has 5 nitrogen and oxygen atoms in total. The SMILES string of the molecule is CN(C)CC(=O)Nc1ccc(N2CC(CCl)CC2=O)cc1. The van der Waals surface area contributed by atoms with Gasteiger partial charge in [0.05, 0.1) is 6.54 Å². The van der Waals surface area contributed by atoms with Gasteiger partial charge >= 0.3 is 0 Å². The first-order chi connectivity index (χ1) is 9.99. The smallest absolute Gasteiger partial charge is 0.238 e. The molecule has 1 atom stereocenters. The second-order valence-corrected chi connectivity index (χ2v) is 5.87. The lowest BCUT2D eigenvalue weighted by molar-refractivity contribution is -0.117. The quantitative estimate of drug-likeness (QED) is 0.844. The molecule has 0 aliphatic carbocycles. The van der Waals surface area contributed by atoms with Crippen molar-refractivity contribution in [1.29, 1.82) is 0 Å². The first-order valence-electron chi connectivity index (χ1n) is 6.90. The van der Waals surface area contributed by atoms with E-state index >= 15 is 0 Å². The zero-order valence-electron chi connectivity index (χ0n) is 12.3. The standard InChI is InChI=1S/C15H20ClN3O2/c1-18(2)10-14(20)17-12-3-5-13(6-4-12)19-9-11(8-16)7-15(19)21/h3-6,11H,7-10H2,1-2H3,(H,17,20). The molecule has 1 aromatic rings. The minimum atomic E-state index is -0.0628. The predicted molar refractivity (Wildman–Crippen MR) is 84.8 cm³/mol. The molecule has 1 heterocycles. The highest BCUT2D eigenvalue weighted by molar-refractivity contribution is 6.18. The van der Waals surface area contributed by atoms with Gasteiger partial charge in [-0.3, -0.25) is 9.59 Å². The molecule has 6 heteroatoms. The highest BCUT2D eigenvalue weighted by atomic mass is 35.5. The number of amides is 2. The van der Waals surface area contributed by atoms with Crippen LogP contribution in [0.2, 0.25) is 0 Å². The molecule has 0 radical (unpaired) electrons. The van der Waals surface area contributed by atoms with Crippen LogP contribution < -0.4 is 10.2 Å². The first kappa shape index (κ1) is 15.8. The lowest BCUT2D eigenvalue weighted by atomic mass is 10.1. The van der Waals surface area contributed by atoms with Gasteiger partial charge in [0, 0.05) is 30.2 Å². The molecule has 21 heavy (non-hydrogen) atoms. The highest BCUT2D eigenvalue weighted by Crippen LogP contribution is 2.26. The Morgan fingerprint density at radius 3 is 2.57 bits per heavy atom. The van der Waals surface area contributed by atoms with Gasteiger partial charge in [-0.2, -0.15) is 0 Å². The topological polar surface area (TPSA) is 52.7 Å². The van der Waals surface area contributed by atoms with Crippen molar-refractivity contribution in [1.82, 2.24) is 4.90 Å². The van der Waals surface area contributed by atoms with E-state index in [2.05, 4.69) is 5.32 Å². The van der Waals surface area contributed by atoms with Crippen molar-refractivity contribution < 1.29 is 9.59 Å². The fourth-order valence-corrected chi connectivity index (χ4v) is 2.55. The monoisotopic (exact) mass is 309 g/mol.